The van der Waals surface area contributed by atoms with E-state index in [1.165, 1.54) is 12.1 Å². The summed E-state index contributed by atoms with van der Waals surface area (Å²) in [4.78, 5) is 12.7. The van der Waals surface area contributed by atoms with E-state index in [-0.39, 0.29) is 51.5 Å². The van der Waals surface area contributed by atoms with Gasteiger partial charge in [0.2, 0.25) is 0 Å². The summed E-state index contributed by atoms with van der Waals surface area (Å²) in [5, 5.41) is 25.7. The molecule has 4 aromatic carbocycles. The molecule has 0 fully saturated rings. The van der Waals surface area contributed by atoms with Crippen LogP contribution >= 0.6 is 23.2 Å². The summed E-state index contributed by atoms with van der Waals surface area (Å²) >= 11 is 12.1. The summed E-state index contributed by atoms with van der Waals surface area (Å²) in [5.41, 5.74) is 0.646. The summed E-state index contributed by atoms with van der Waals surface area (Å²) in [6.07, 6.45) is 0.413. The Hall–Kier alpha value is -2.70. The maximum absolute atomic E-state index is 13.5. The Kier molecular flexibility index (Phi) is 10.6. The van der Waals surface area contributed by atoms with E-state index in [9.17, 15) is 22.9 Å². The smallest absolute Gasteiger partial charge is 0.870 e. The molecular weight excluding hydrogens is 588 g/mol. The van der Waals surface area contributed by atoms with Crippen LogP contribution in [0.3, 0.4) is 0 Å². The van der Waals surface area contributed by atoms with Gasteiger partial charge in [0.25, 0.3) is 16.0 Å². The molecule has 0 saturated heterocycles. The summed E-state index contributed by atoms with van der Waals surface area (Å²) in [6, 6.07) is 15.4. The molecule has 0 saturated carbocycles. The van der Waals surface area contributed by atoms with Crippen LogP contribution < -0.4 is 44.7 Å². The zero-order valence-corrected chi connectivity index (χ0v) is 26.1. The van der Waals surface area contributed by atoms with Crippen molar-refractivity contribution in [2.45, 2.75) is 25.2 Å². The number of nitrogens with zero attached hydrogens (tertiary/aromatic N) is 2. The molecule has 0 aliphatic rings. The van der Waals surface area contributed by atoms with Gasteiger partial charge in [-0.25, -0.2) is 0 Å². The molecule has 1 amide bonds. The molecule has 0 radical (unpaired) electrons. The van der Waals surface area contributed by atoms with Crippen molar-refractivity contribution >= 4 is 67.1 Å². The number of amides is 1. The van der Waals surface area contributed by atoms with Crippen molar-refractivity contribution in [1.82, 2.24) is 0 Å². The first-order valence-corrected chi connectivity index (χ1v) is 13.9. The zero-order valence-electron chi connectivity index (χ0n) is 21.7. The first-order chi connectivity index (χ1) is 18.5. The number of carbonyl (C=O) groups is 1. The predicted octanol–water partition coefficient (Wildman–Crippen LogP) is 4.10. The molecule has 0 aliphatic carbocycles. The van der Waals surface area contributed by atoms with E-state index < -0.39 is 26.7 Å². The van der Waals surface area contributed by atoms with Gasteiger partial charge in [-0.3, -0.25) is 9.35 Å². The Morgan fingerprint density at radius 2 is 1.77 bits per heavy atom. The van der Waals surface area contributed by atoms with Gasteiger partial charge in [-0.1, -0.05) is 60.1 Å². The monoisotopic (exact) mass is 609 g/mol. The number of hydrogen-bond donors (Lipinski definition) is 2. The van der Waals surface area contributed by atoms with Crippen LogP contribution in [-0.2, 0) is 16.5 Å². The van der Waals surface area contributed by atoms with E-state index in [0.717, 1.165) is 6.07 Å². The molecule has 202 valence electrons. The van der Waals surface area contributed by atoms with Crippen molar-refractivity contribution in [3.63, 3.8) is 0 Å². The van der Waals surface area contributed by atoms with Crippen LogP contribution in [0.25, 0.3) is 10.8 Å². The normalized spacial score (nSPS) is 11.4. The van der Waals surface area contributed by atoms with Crippen LogP contribution in [0.4, 0.5) is 17.1 Å². The number of hydrogen-bond acceptors (Lipinski definition) is 7. The van der Waals surface area contributed by atoms with Gasteiger partial charge >= 0.3 is 29.6 Å². The molecule has 0 atom stereocenters. The molecule has 0 bridgehead atoms. The SMILES string of the molecule is CCOc1cc(Cl)ccc1NC(=O)c1cc2ccccc2c(N=Nc2cc(S(=O)(=O)O)c(Cl)cc2CC)c1[O-].[Na+]. The van der Waals surface area contributed by atoms with Crippen LogP contribution in [0, 0.1) is 0 Å². The van der Waals surface area contributed by atoms with Crippen molar-refractivity contribution in [2.24, 2.45) is 10.2 Å². The van der Waals surface area contributed by atoms with E-state index in [1.54, 1.807) is 56.3 Å². The van der Waals surface area contributed by atoms with Crippen LogP contribution in [0.1, 0.15) is 29.8 Å². The van der Waals surface area contributed by atoms with E-state index in [0.29, 0.717) is 45.8 Å². The van der Waals surface area contributed by atoms with Crippen molar-refractivity contribution in [1.29, 1.82) is 0 Å². The molecule has 40 heavy (non-hydrogen) atoms. The molecule has 13 heteroatoms. The number of fused-ring (bicyclic) bond motifs is 1. The first kappa shape index (κ1) is 31.8. The molecule has 4 rings (SSSR count). The second kappa shape index (κ2) is 13.3. The largest absolute Gasteiger partial charge is 1.00 e. The quantitative estimate of drug-likeness (QED) is 0.175. The van der Waals surface area contributed by atoms with Gasteiger partial charge < -0.3 is 15.2 Å². The van der Waals surface area contributed by atoms with Crippen LogP contribution in [-0.4, -0.2) is 25.5 Å². The first-order valence-electron chi connectivity index (χ1n) is 11.7. The number of aryl methyl sites for hydroxylation is 1. The van der Waals surface area contributed by atoms with Gasteiger partial charge in [0.15, 0.2) is 0 Å². The molecular formula is C27H22Cl2N3NaO6S. The van der Waals surface area contributed by atoms with E-state index in [4.69, 9.17) is 27.9 Å². The number of rotatable bonds is 8. The Morgan fingerprint density at radius 1 is 1.05 bits per heavy atom. The fourth-order valence-electron chi connectivity index (χ4n) is 3.90. The van der Waals surface area contributed by atoms with Crippen molar-refractivity contribution in [3.05, 3.63) is 81.8 Å². The third kappa shape index (κ3) is 6.95. The molecule has 2 N–H and O–H groups in total. The summed E-state index contributed by atoms with van der Waals surface area (Å²) in [5.74, 6) is -1.04. The topological polar surface area (TPSA) is 140 Å². The van der Waals surface area contributed by atoms with Gasteiger partial charge in [0.1, 0.15) is 10.6 Å². The fourth-order valence-corrected chi connectivity index (χ4v) is 5.11. The zero-order chi connectivity index (χ0) is 28.3. The average molecular weight is 610 g/mol. The van der Waals surface area contributed by atoms with Gasteiger partial charge in [0.05, 0.1) is 28.7 Å². The number of ether oxygens (including phenoxy) is 1. The maximum atomic E-state index is 13.5. The fraction of sp³-hybridized carbons (Fsp3) is 0.148. The number of anilines is 1. The minimum atomic E-state index is -4.63. The summed E-state index contributed by atoms with van der Waals surface area (Å²) in [7, 11) is -4.63. The Bertz CT molecular complexity index is 1730. The predicted molar refractivity (Wildman–Crippen MR) is 149 cm³/mol. The molecule has 0 unspecified atom stereocenters. The Morgan fingerprint density at radius 3 is 2.45 bits per heavy atom. The number of nitrogens with one attached hydrogen (secondary N) is 1. The standard InChI is InChI=1S/C27H23Cl2N3O6S.Na/c1-3-15-12-20(29)24(39(35,36)37)14-22(15)31-32-25-18-8-6-5-7-16(18)11-19(26(25)33)27(34)30-21-10-9-17(28)13-23(21)38-4-2;/h5-14,33H,3-4H2,1-2H3,(H,30,34)(H,35,36,37);/q;+1/p-1. The van der Waals surface area contributed by atoms with Crippen molar-refractivity contribution in [2.75, 3.05) is 11.9 Å². The maximum Gasteiger partial charge on any atom is 1.00 e. The van der Waals surface area contributed by atoms with Crippen LogP contribution in [0.5, 0.6) is 11.5 Å². The van der Waals surface area contributed by atoms with Crippen molar-refractivity contribution < 1.29 is 57.2 Å². The summed E-state index contributed by atoms with van der Waals surface area (Å²) in [6.45, 7) is 3.91. The van der Waals surface area contributed by atoms with Gasteiger partial charge in [0, 0.05) is 22.0 Å². The molecule has 0 spiro atoms. The van der Waals surface area contributed by atoms with E-state index in [2.05, 4.69) is 15.5 Å². The molecule has 0 aliphatic heterocycles. The van der Waals surface area contributed by atoms with E-state index >= 15 is 0 Å². The van der Waals surface area contributed by atoms with Gasteiger partial charge in [-0.2, -0.15) is 18.6 Å². The Balaban J connectivity index is 0.00000441. The molecule has 0 heterocycles. The summed E-state index contributed by atoms with van der Waals surface area (Å²) < 4.78 is 38.6. The van der Waals surface area contributed by atoms with Crippen molar-refractivity contribution in [3.8, 4) is 11.5 Å². The number of benzene rings is 4. The molecule has 9 nitrogen and oxygen atoms in total. The minimum absolute atomic E-state index is 0. The van der Waals surface area contributed by atoms with Gasteiger partial charge in [-0.05, 0) is 54.6 Å². The molecule has 0 aromatic heterocycles. The third-order valence-electron chi connectivity index (χ3n) is 5.76. The third-order valence-corrected chi connectivity index (χ3v) is 7.31. The number of halogens is 2. The van der Waals surface area contributed by atoms with Crippen LogP contribution in [0.2, 0.25) is 10.0 Å². The number of azo groups is 1. The minimum Gasteiger partial charge on any atom is -0.870 e. The second-order valence-corrected chi connectivity index (χ2v) is 10.5. The second-order valence-electron chi connectivity index (χ2n) is 8.29. The van der Waals surface area contributed by atoms with E-state index in [1.807, 2.05) is 0 Å². The Labute approximate surface area is 263 Å². The average Bonchev–Trinajstić information content (AvgIpc) is 2.89. The van der Waals surface area contributed by atoms with Crippen LogP contribution in [0.15, 0.2) is 75.8 Å². The molecule has 4 aromatic rings. The van der Waals surface area contributed by atoms with Gasteiger partial charge in [-0.15, -0.1) is 0 Å². The number of carbonyl (C=O) groups excluding carboxylic acids is 1.